The number of nitrogen functional groups attached to an aromatic ring is 1. The zero-order valence-corrected chi connectivity index (χ0v) is 17.5. The van der Waals surface area contributed by atoms with Crippen molar-refractivity contribution in [3.05, 3.63) is 76.9 Å². The monoisotopic (exact) mass is 420 g/mol. The Balaban J connectivity index is 1.62. The van der Waals surface area contributed by atoms with E-state index in [1.54, 1.807) is 6.07 Å². The van der Waals surface area contributed by atoms with Gasteiger partial charge in [-0.05, 0) is 60.8 Å². The van der Waals surface area contributed by atoms with E-state index in [9.17, 15) is 4.79 Å². The molecule has 0 radical (unpaired) electrons. The van der Waals surface area contributed by atoms with Crippen LogP contribution in [0.1, 0.15) is 35.2 Å². The molecule has 1 saturated heterocycles. The fourth-order valence-corrected chi connectivity index (χ4v) is 4.01. The number of piperidine rings is 1. The molecule has 0 atom stereocenters. The first-order valence-corrected chi connectivity index (χ1v) is 10.6. The van der Waals surface area contributed by atoms with Crippen LogP contribution in [0.25, 0.3) is 11.1 Å². The van der Waals surface area contributed by atoms with E-state index in [1.165, 1.54) is 25.5 Å². The van der Waals surface area contributed by atoms with Gasteiger partial charge in [-0.25, -0.2) is 4.98 Å². The number of nitrogens with zero attached hydrogens (tertiary/aromatic N) is 2. The summed E-state index contributed by atoms with van der Waals surface area (Å²) in [4.78, 5) is 19.3. The summed E-state index contributed by atoms with van der Waals surface area (Å²) in [5, 5.41) is 3.18. The fraction of sp³-hybridized carbons (Fsp3) is 0.250. The number of anilines is 2. The van der Waals surface area contributed by atoms with E-state index in [2.05, 4.69) is 27.3 Å². The lowest BCUT2D eigenvalue weighted by molar-refractivity contribution is 0.102. The molecule has 1 fully saturated rings. The van der Waals surface area contributed by atoms with Crippen LogP contribution in [0, 0.1) is 0 Å². The number of amides is 1. The van der Waals surface area contributed by atoms with E-state index in [1.807, 2.05) is 36.4 Å². The van der Waals surface area contributed by atoms with Crippen LogP contribution in [-0.4, -0.2) is 28.9 Å². The molecular weight excluding hydrogens is 396 g/mol. The summed E-state index contributed by atoms with van der Waals surface area (Å²) in [6.07, 6.45) is 5.26. The maximum absolute atomic E-state index is 12.9. The largest absolute Gasteiger partial charge is 0.382 e. The standard InChI is InChI=1S/C24H25ClN4O/c25-22-14-20(15-27-23(22)26)28-24(30)18-9-10-21(17-7-3-1-4-8-17)19(13-18)16-29-11-5-2-6-12-29/h1,3-4,7-10,13-15H,2,5-6,11-12,16H2,(H2,26,27)(H,28,30). The number of halogens is 1. The molecule has 4 rings (SSSR count). The minimum atomic E-state index is -0.197. The molecule has 1 aromatic heterocycles. The lowest BCUT2D eigenvalue weighted by atomic mass is 9.96. The first-order valence-electron chi connectivity index (χ1n) is 10.2. The molecule has 0 aliphatic carbocycles. The highest BCUT2D eigenvalue weighted by Gasteiger charge is 2.16. The average Bonchev–Trinajstić information content (AvgIpc) is 2.77. The minimum absolute atomic E-state index is 0.197. The highest BCUT2D eigenvalue weighted by atomic mass is 35.5. The number of likely N-dealkylation sites (tertiary alicyclic amines) is 1. The van der Waals surface area contributed by atoms with E-state index in [0.717, 1.165) is 36.3 Å². The molecule has 0 unspecified atom stereocenters. The molecule has 0 saturated carbocycles. The number of nitrogens with two attached hydrogens (primary N) is 1. The second-order valence-corrected chi connectivity index (χ2v) is 8.03. The summed E-state index contributed by atoms with van der Waals surface area (Å²) in [5.41, 5.74) is 10.3. The summed E-state index contributed by atoms with van der Waals surface area (Å²) in [7, 11) is 0. The third-order valence-electron chi connectivity index (χ3n) is 5.42. The maximum atomic E-state index is 12.9. The van der Waals surface area contributed by atoms with E-state index in [-0.39, 0.29) is 11.7 Å². The van der Waals surface area contributed by atoms with Crippen molar-refractivity contribution in [1.82, 2.24) is 9.88 Å². The van der Waals surface area contributed by atoms with Crippen molar-refractivity contribution in [1.29, 1.82) is 0 Å². The first kappa shape index (κ1) is 20.4. The van der Waals surface area contributed by atoms with Crippen LogP contribution in [0.5, 0.6) is 0 Å². The topological polar surface area (TPSA) is 71.2 Å². The van der Waals surface area contributed by atoms with Gasteiger partial charge in [0.25, 0.3) is 5.91 Å². The third-order valence-corrected chi connectivity index (χ3v) is 5.73. The smallest absolute Gasteiger partial charge is 0.255 e. The van der Waals surface area contributed by atoms with E-state index in [4.69, 9.17) is 17.3 Å². The van der Waals surface area contributed by atoms with Crippen LogP contribution in [0.4, 0.5) is 11.5 Å². The van der Waals surface area contributed by atoms with Crippen LogP contribution in [-0.2, 0) is 6.54 Å². The average molecular weight is 421 g/mol. The number of benzene rings is 2. The van der Waals surface area contributed by atoms with Gasteiger partial charge in [0.05, 0.1) is 16.9 Å². The molecule has 1 amide bonds. The number of rotatable bonds is 5. The van der Waals surface area contributed by atoms with Crippen LogP contribution in [0.3, 0.4) is 0 Å². The predicted octanol–water partition coefficient (Wildman–Crippen LogP) is 5.22. The van der Waals surface area contributed by atoms with Crippen LogP contribution < -0.4 is 11.1 Å². The summed E-state index contributed by atoms with van der Waals surface area (Å²) in [6, 6.07) is 17.8. The van der Waals surface area contributed by atoms with E-state index in [0.29, 0.717) is 16.3 Å². The lowest BCUT2D eigenvalue weighted by Crippen LogP contribution is -2.29. The Morgan fingerprint density at radius 1 is 1.07 bits per heavy atom. The second kappa shape index (κ2) is 9.28. The van der Waals surface area contributed by atoms with Crippen molar-refractivity contribution >= 4 is 29.0 Å². The molecule has 1 aliphatic heterocycles. The van der Waals surface area contributed by atoms with Gasteiger partial charge in [0.1, 0.15) is 5.82 Å². The molecular formula is C24H25ClN4O. The molecule has 0 bridgehead atoms. The van der Waals surface area contributed by atoms with Gasteiger partial charge in [-0.3, -0.25) is 9.69 Å². The number of hydrogen-bond donors (Lipinski definition) is 2. The van der Waals surface area contributed by atoms with Crippen molar-refractivity contribution in [2.24, 2.45) is 0 Å². The van der Waals surface area contributed by atoms with Crippen molar-refractivity contribution in [2.45, 2.75) is 25.8 Å². The van der Waals surface area contributed by atoms with Gasteiger partial charge in [-0.15, -0.1) is 0 Å². The number of aromatic nitrogens is 1. The SMILES string of the molecule is Nc1ncc(NC(=O)c2ccc(-c3ccccc3)c(CN3CCCCC3)c2)cc1Cl. The molecule has 2 aromatic carbocycles. The normalized spacial score (nSPS) is 14.4. The molecule has 1 aliphatic rings. The van der Waals surface area contributed by atoms with Crippen molar-refractivity contribution in [3.63, 3.8) is 0 Å². The second-order valence-electron chi connectivity index (χ2n) is 7.62. The summed E-state index contributed by atoms with van der Waals surface area (Å²) in [5.74, 6) is 0.0443. The lowest BCUT2D eigenvalue weighted by Gasteiger charge is -2.27. The summed E-state index contributed by atoms with van der Waals surface area (Å²) < 4.78 is 0. The Morgan fingerprint density at radius 2 is 1.83 bits per heavy atom. The van der Waals surface area contributed by atoms with Crippen LogP contribution >= 0.6 is 11.6 Å². The van der Waals surface area contributed by atoms with Gasteiger partial charge in [-0.1, -0.05) is 54.4 Å². The molecule has 6 heteroatoms. The van der Waals surface area contributed by atoms with Crippen molar-refractivity contribution in [3.8, 4) is 11.1 Å². The summed E-state index contributed by atoms with van der Waals surface area (Å²) in [6.45, 7) is 3.03. The first-order chi connectivity index (χ1) is 14.6. The van der Waals surface area contributed by atoms with Gasteiger partial charge in [0, 0.05) is 12.1 Å². The van der Waals surface area contributed by atoms with Crippen molar-refractivity contribution < 1.29 is 4.79 Å². The maximum Gasteiger partial charge on any atom is 0.255 e. The fourth-order valence-electron chi connectivity index (χ4n) is 3.84. The Hall–Kier alpha value is -2.89. The molecule has 3 aromatic rings. The Labute approximate surface area is 181 Å². The Bertz CT molecular complexity index is 1030. The number of carbonyl (C=O) groups excluding carboxylic acids is 1. The quantitative estimate of drug-likeness (QED) is 0.593. The highest BCUT2D eigenvalue weighted by Crippen LogP contribution is 2.28. The van der Waals surface area contributed by atoms with E-state index < -0.39 is 0 Å². The summed E-state index contributed by atoms with van der Waals surface area (Å²) >= 11 is 6.02. The minimum Gasteiger partial charge on any atom is -0.382 e. The van der Waals surface area contributed by atoms with Crippen LogP contribution in [0.15, 0.2) is 60.8 Å². The van der Waals surface area contributed by atoms with E-state index >= 15 is 0 Å². The van der Waals surface area contributed by atoms with Gasteiger partial charge in [0.2, 0.25) is 0 Å². The zero-order valence-electron chi connectivity index (χ0n) is 16.8. The third kappa shape index (κ3) is 4.81. The predicted molar refractivity (Wildman–Crippen MR) is 123 cm³/mol. The van der Waals surface area contributed by atoms with Gasteiger partial charge in [-0.2, -0.15) is 0 Å². The number of nitrogens with one attached hydrogen (secondary N) is 1. The van der Waals surface area contributed by atoms with Gasteiger partial charge >= 0.3 is 0 Å². The Kier molecular flexibility index (Phi) is 6.31. The molecule has 30 heavy (non-hydrogen) atoms. The van der Waals surface area contributed by atoms with Gasteiger partial charge in [0.15, 0.2) is 0 Å². The molecule has 3 N–H and O–H groups in total. The van der Waals surface area contributed by atoms with Crippen LogP contribution in [0.2, 0.25) is 5.02 Å². The van der Waals surface area contributed by atoms with Gasteiger partial charge < -0.3 is 11.1 Å². The molecule has 2 heterocycles. The molecule has 154 valence electrons. The number of pyridine rings is 1. The zero-order chi connectivity index (χ0) is 20.9. The molecule has 0 spiro atoms. The number of carbonyl (C=O) groups is 1. The highest BCUT2D eigenvalue weighted by molar-refractivity contribution is 6.33. The molecule has 5 nitrogen and oxygen atoms in total. The Morgan fingerprint density at radius 3 is 2.57 bits per heavy atom. The number of hydrogen-bond acceptors (Lipinski definition) is 4. The van der Waals surface area contributed by atoms with Crippen molar-refractivity contribution in [2.75, 3.05) is 24.1 Å².